The number of esters is 1. The van der Waals surface area contributed by atoms with Crippen LogP contribution in [0.15, 0.2) is 78.9 Å². The summed E-state index contributed by atoms with van der Waals surface area (Å²) in [5.41, 5.74) is 3.82. The molecule has 2 heteroatoms. The first-order valence-corrected chi connectivity index (χ1v) is 8.12. The van der Waals surface area contributed by atoms with Crippen molar-refractivity contribution >= 4 is 5.97 Å². The van der Waals surface area contributed by atoms with Gasteiger partial charge in [-0.25, -0.2) is 4.79 Å². The van der Waals surface area contributed by atoms with Crippen LogP contribution in [0.1, 0.15) is 35.7 Å². The molecule has 3 aromatic carbocycles. The highest BCUT2D eigenvalue weighted by Gasteiger charge is 2.15. The van der Waals surface area contributed by atoms with E-state index in [1.165, 1.54) is 5.56 Å². The second-order valence-corrected chi connectivity index (χ2v) is 5.99. The van der Waals surface area contributed by atoms with Gasteiger partial charge in [0.2, 0.25) is 0 Å². The summed E-state index contributed by atoms with van der Waals surface area (Å²) in [5, 5.41) is 0. The second-order valence-electron chi connectivity index (χ2n) is 5.99. The lowest BCUT2D eigenvalue weighted by molar-refractivity contribution is 0.0735. The highest BCUT2D eigenvalue weighted by Crippen LogP contribution is 2.35. The van der Waals surface area contributed by atoms with Gasteiger partial charge in [-0.3, -0.25) is 0 Å². The highest BCUT2D eigenvalue weighted by molar-refractivity contribution is 5.92. The van der Waals surface area contributed by atoms with Crippen LogP contribution in [0.3, 0.4) is 0 Å². The molecule has 0 atom stereocenters. The Labute approximate surface area is 142 Å². The van der Waals surface area contributed by atoms with Crippen LogP contribution in [0.4, 0.5) is 0 Å². The van der Waals surface area contributed by atoms with Gasteiger partial charge in [0.05, 0.1) is 5.56 Å². The smallest absolute Gasteiger partial charge is 0.343 e. The number of hydrogen-bond acceptors (Lipinski definition) is 2. The number of hydrogen-bond donors (Lipinski definition) is 0. The Kier molecular flexibility index (Phi) is 4.76. The van der Waals surface area contributed by atoms with Gasteiger partial charge in [0.25, 0.3) is 0 Å². The molecule has 0 unspecified atom stereocenters. The van der Waals surface area contributed by atoms with Gasteiger partial charge in [-0.05, 0) is 35.2 Å². The quantitative estimate of drug-likeness (QED) is 0.456. The Morgan fingerprint density at radius 3 is 2.04 bits per heavy atom. The molecular weight excluding hydrogens is 296 g/mol. The summed E-state index contributed by atoms with van der Waals surface area (Å²) in [4.78, 5) is 12.4. The molecule has 0 fully saturated rings. The minimum absolute atomic E-state index is 0.343. The molecule has 24 heavy (non-hydrogen) atoms. The minimum atomic E-state index is -0.343. The third-order valence-electron chi connectivity index (χ3n) is 3.97. The minimum Gasteiger partial charge on any atom is -0.422 e. The summed E-state index contributed by atoms with van der Waals surface area (Å²) in [5.74, 6) is 0.628. The molecule has 120 valence electrons. The van der Waals surface area contributed by atoms with Gasteiger partial charge in [-0.15, -0.1) is 0 Å². The fourth-order valence-electron chi connectivity index (χ4n) is 2.76. The second kappa shape index (κ2) is 7.14. The number of carbonyl (C=O) groups excluding carboxylic acids is 1. The molecule has 0 N–H and O–H groups in total. The van der Waals surface area contributed by atoms with Crippen LogP contribution < -0.4 is 4.74 Å². The Hall–Kier alpha value is -2.87. The van der Waals surface area contributed by atoms with Gasteiger partial charge >= 0.3 is 5.97 Å². The molecule has 0 bridgehead atoms. The molecule has 0 aliphatic heterocycles. The van der Waals surface area contributed by atoms with Crippen molar-refractivity contribution < 1.29 is 9.53 Å². The van der Waals surface area contributed by atoms with Crippen LogP contribution in [0.25, 0.3) is 11.1 Å². The summed E-state index contributed by atoms with van der Waals surface area (Å²) in [6.45, 7) is 4.33. The van der Waals surface area contributed by atoms with Gasteiger partial charge in [0.15, 0.2) is 0 Å². The summed E-state index contributed by atoms with van der Waals surface area (Å²) >= 11 is 0. The van der Waals surface area contributed by atoms with E-state index in [1.807, 2.05) is 54.6 Å². The SMILES string of the molecule is CC(C)c1ccccc1-c1ccccc1OC(=O)c1ccccc1. The van der Waals surface area contributed by atoms with E-state index in [-0.39, 0.29) is 5.97 Å². The Bertz CT molecular complexity index is 835. The summed E-state index contributed by atoms with van der Waals surface area (Å²) in [6, 6.07) is 25.0. The number of ether oxygens (including phenoxy) is 1. The molecule has 2 nitrogen and oxygen atoms in total. The van der Waals surface area contributed by atoms with Crippen molar-refractivity contribution in [2.24, 2.45) is 0 Å². The average molecular weight is 316 g/mol. The Morgan fingerprint density at radius 2 is 1.33 bits per heavy atom. The van der Waals surface area contributed by atoms with E-state index in [9.17, 15) is 4.79 Å². The third-order valence-corrected chi connectivity index (χ3v) is 3.97. The molecule has 0 radical (unpaired) electrons. The Morgan fingerprint density at radius 1 is 0.750 bits per heavy atom. The fourth-order valence-corrected chi connectivity index (χ4v) is 2.76. The van der Waals surface area contributed by atoms with Crippen LogP contribution in [0, 0.1) is 0 Å². The maximum atomic E-state index is 12.4. The summed E-state index contributed by atoms with van der Waals surface area (Å²) < 4.78 is 5.68. The topological polar surface area (TPSA) is 26.3 Å². The van der Waals surface area contributed by atoms with Gasteiger partial charge < -0.3 is 4.74 Å². The van der Waals surface area contributed by atoms with E-state index in [4.69, 9.17) is 4.74 Å². The van der Waals surface area contributed by atoms with E-state index in [2.05, 4.69) is 26.0 Å². The number of para-hydroxylation sites is 1. The van der Waals surface area contributed by atoms with E-state index in [0.717, 1.165) is 11.1 Å². The normalized spacial score (nSPS) is 10.6. The average Bonchev–Trinajstić information content (AvgIpc) is 2.63. The predicted octanol–water partition coefficient (Wildman–Crippen LogP) is 5.70. The summed E-state index contributed by atoms with van der Waals surface area (Å²) in [7, 11) is 0. The Balaban J connectivity index is 1.99. The summed E-state index contributed by atoms with van der Waals surface area (Å²) in [6.07, 6.45) is 0. The van der Waals surface area contributed by atoms with Gasteiger partial charge in [-0.1, -0.05) is 74.5 Å². The highest BCUT2D eigenvalue weighted by atomic mass is 16.5. The van der Waals surface area contributed by atoms with Crippen molar-refractivity contribution in [2.75, 3.05) is 0 Å². The van der Waals surface area contributed by atoms with Crippen molar-refractivity contribution in [3.05, 3.63) is 90.0 Å². The van der Waals surface area contributed by atoms with Crippen LogP contribution in [0.5, 0.6) is 5.75 Å². The lowest BCUT2D eigenvalue weighted by Crippen LogP contribution is -2.09. The first-order valence-electron chi connectivity index (χ1n) is 8.12. The van der Waals surface area contributed by atoms with E-state index < -0.39 is 0 Å². The van der Waals surface area contributed by atoms with Crippen LogP contribution in [-0.4, -0.2) is 5.97 Å². The monoisotopic (exact) mass is 316 g/mol. The molecular formula is C22H20O2. The lowest BCUT2D eigenvalue weighted by Gasteiger charge is -2.16. The van der Waals surface area contributed by atoms with Crippen LogP contribution in [0.2, 0.25) is 0 Å². The number of rotatable bonds is 4. The largest absolute Gasteiger partial charge is 0.422 e. The molecule has 0 aliphatic carbocycles. The maximum absolute atomic E-state index is 12.4. The molecule has 0 aromatic heterocycles. The van der Waals surface area contributed by atoms with Crippen molar-refractivity contribution in [3.63, 3.8) is 0 Å². The lowest BCUT2D eigenvalue weighted by atomic mass is 9.92. The molecule has 3 aromatic rings. The van der Waals surface area contributed by atoms with Crippen molar-refractivity contribution in [1.82, 2.24) is 0 Å². The molecule has 0 saturated heterocycles. The molecule has 0 saturated carbocycles. The molecule has 0 spiro atoms. The van der Waals surface area contributed by atoms with Gasteiger partial charge in [0.1, 0.15) is 5.75 Å². The first-order chi connectivity index (χ1) is 11.7. The maximum Gasteiger partial charge on any atom is 0.343 e. The van der Waals surface area contributed by atoms with Crippen molar-refractivity contribution in [3.8, 4) is 16.9 Å². The first kappa shape index (κ1) is 16.0. The zero-order valence-electron chi connectivity index (χ0n) is 13.9. The molecule has 3 rings (SSSR count). The van der Waals surface area contributed by atoms with Crippen LogP contribution in [-0.2, 0) is 0 Å². The molecule has 0 heterocycles. The number of carbonyl (C=O) groups is 1. The third kappa shape index (κ3) is 3.38. The van der Waals surface area contributed by atoms with Gasteiger partial charge in [0, 0.05) is 5.56 Å². The van der Waals surface area contributed by atoms with Crippen LogP contribution >= 0.6 is 0 Å². The van der Waals surface area contributed by atoms with Crippen molar-refractivity contribution in [1.29, 1.82) is 0 Å². The van der Waals surface area contributed by atoms with E-state index in [0.29, 0.717) is 17.2 Å². The zero-order valence-corrected chi connectivity index (χ0v) is 13.9. The fraction of sp³-hybridized carbons (Fsp3) is 0.136. The van der Waals surface area contributed by atoms with E-state index in [1.54, 1.807) is 12.1 Å². The van der Waals surface area contributed by atoms with E-state index >= 15 is 0 Å². The zero-order chi connectivity index (χ0) is 16.9. The molecule has 0 amide bonds. The standard InChI is InChI=1S/C22H20O2/c1-16(2)18-12-6-7-13-19(18)20-14-8-9-15-21(20)24-22(23)17-10-4-3-5-11-17/h3-16H,1-2H3. The van der Waals surface area contributed by atoms with Crippen molar-refractivity contribution in [2.45, 2.75) is 19.8 Å². The molecule has 0 aliphatic rings. The number of benzene rings is 3. The van der Waals surface area contributed by atoms with Gasteiger partial charge in [-0.2, -0.15) is 0 Å². The predicted molar refractivity (Wildman–Crippen MR) is 97.4 cm³/mol.